The Morgan fingerprint density at radius 1 is 1.22 bits per heavy atom. The van der Waals surface area contributed by atoms with E-state index in [1.54, 1.807) is 6.20 Å². The maximum Gasteiger partial charge on any atom is 0.322 e. The highest BCUT2D eigenvalue weighted by atomic mass is 16.5. The van der Waals surface area contributed by atoms with Crippen LogP contribution in [0.25, 0.3) is 6.08 Å². The van der Waals surface area contributed by atoms with E-state index in [1.807, 2.05) is 29.2 Å². The number of amides is 2. The molecule has 2 aliphatic rings. The van der Waals surface area contributed by atoms with Crippen molar-refractivity contribution >= 4 is 17.8 Å². The van der Waals surface area contributed by atoms with Gasteiger partial charge in [0.05, 0.1) is 12.4 Å². The predicted molar refractivity (Wildman–Crippen MR) is 122 cm³/mol. The Morgan fingerprint density at radius 2 is 2.12 bits per heavy atom. The summed E-state index contributed by atoms with van der Waals surface area (Å²) in [5, 5.41) is 6.42. The van der Waals surface area contributed by atoms with Crippen LogP contribution in [0.3, 0.4) is 0 Å². The highest BCUT2D eigenvalue weighted by molar-refractivity contribution is 5.89. The lowest BCUT2D eigenvalue weighted by atomic mass is 9.91. The van der Waals surface area contributed by atoms with Gasteiger partial charge in [0.25, 0.3) is 0 Å². The monoisotopic (exact) mass is 430 g/mol. The number of carbonyl (C=O) groups is 1. The summed E-state index contributed by atoms with van der Waals surface area (Å²) >= 11 is 0. The molecule has 2 fully saturated rings. The first-order chi connectivity index (χ1) is 15.6. The van der Waals surface area contributed by atoms with Crippen molar-refractivity contribution in [3.8, 4) is 11.5 Å². The number of hydrogen-bond donors (Lipinski definition) is 1. The summed E-state index contributed by atoms with van der Waals surface area (Å²) in [5.41, 5.74) is 4.14. The van der Waals surface area contributed by atoms with Crippen molar-refractivity contribution in [1.29, 1.82) is 0 Å². The van der Waals surface area contributed by atoms with Crippen LogP contribution in [-0.2, 0) is 0 Å². The van der Waals surface area contributed by atoms with E-state index in [4.69, 9.17) is 9.26 Å². The van der Waals surface area contributed by atoms with Crippen LogP contribution in [0.4, 0.5) is 10.5 Å². The zero-order valence-corrected chi connectivity index (χ0v) is 18.0. The topological polar surface area (TPSA) is 80.5 Å². The van der Waals surface area contributed by atoms with Crippen molar-refractivity contribution in [2.75, 3.05) is 18.4 Å². The first kappa shape index (κ1) is 20.3. The average molecular weight is 431 g/mol. The second kappa shape index (κ2) is 8.86. The van der Waals surface area contributed by atoms with Gasteiger partial charge in [-0.15, -0.1) is 0 Å². The van der Waals surface area contributed by atoms with Crippen LogP contribution < -0.4 is 10.1 Å². The molecule has 2 amide bonds. The molecular weight excluding hydrogens is 404 g/mol. The normalized spacial score (nSPS) is 19.7. The minimum atomic E-state index is -0.129. The number of likely N-dealkylation sites (tertiary alicyclic amines) is 1. The zero-order chi connectivity index (χ0) is 21.9. The van der Waals surface area contributed by atoms with E-state index in [-0.39, 0.29) is 11.9 Å². The smallest absolute Gasteiger partial charge is 0.322 e. The van der Waals surface area contributed by atoms with E-state index in [0.29, 0.717) is 24.7 Å². The van der Waals surface area contributed by atoms with Crippen LogP contribution in [0, 0.1) is 5.92 Å². The summed E-state index contributed by atoms with van der Waals surface area (Å²) in [4.78, 5) is 18.8. The minimum absolute atomic E-state index is 0.129. The second-order valence-electron chi connectivity index (χ2n) is 8.53. The van der Waals surface area contributed by atoms with Crippen molar-refractivity contribution in [3.63, 3.8) is 0 Å². The molecule has 164 valence electrons. The van der Waals surface area contributed by atoms with Gasteiger partial charge in [0.2, 0.25) is 0 Å². The summed E-state index contributed by atoms with van der Waals surface area (Å²) in [5.74, 6) is 2.44. The number of aromatic nitrogens is 2. The lowest BCUT2D eigenvalue weighted by Gasteiger charge is -2.33. The lowest BCUT2D eigenvalue weighted by molar-refractivity contribution is 0.198. The molecule has 5 rings (SSSR count). The van der Waals surface area contributed by atoms with Gasteiger partial charge in [-0.3, -0.25) is 4.98 Å². The van der Waals surface area contributed by atoms with Crippen LogP contribution in [0.1, 0.15) is 43.4 Å². The molecular formula is C25H26N4O3. The fourth-order valence-electron chi connectivity index (χ4n) is 4.01. The third kappa shape index (κ3) is 4.82. The molecule has 1 saturated heterocycles. The number of nitrogens with one attached hydrogen (secondary N) is 1. The molecule has 1 aliphatic heterocycles. The molecule has 1 atom stereocenters. The summed E-state index contributed by atoms with van der Waals surface area (Å²) in [6.45, 7) is 3.48. The minimum Gasteiger partial charge on any atom is -0.456 e. The quantitative estimate of drug-likeness (QED) is 0.562. The number of ether oxygens (including phenoxy) is 1. The number of rotatable bonds is 5. The molecule has 1 unspecified atom stereocenters. The summed E-state index contributed by atoms with van der Waals surface area (Å²) in [7, 11) is 0. The second-order valence-corrected chi connectivity index (χ2v) is 8.53. The van der Waals surface area contributed by atoms with E-state index in [2.05, 4.69) is 40.6 Å². The Kier molecular flexibility index (Phi) is 5.62. The van der Waals surface area contributed by atoms with E-state index in [9.17, 15) is 4.79 Å². The first-order valence-corrected chi connectivity index (χ1v) is 11.0. The molecule has 0 radical (unpaired) electrons. The van der Waals surface area contributed by atoms with Crippen molar-refractivity contribution in [1.82, 2.24) is 15.0 Å². The third-order valence-corrected chi connectivity index (χ3v) is 5.97. The zero-order valence-electron chi connectivity index (χ0n) is 18.0. The van der Waals surface area contributed by atoms with Crippen LogP contribution >= 0.6 is 0 Å². The van der Waals surface area contributed by atoms with Crippen LogP contribution in [0.5, 0.6) is 11.5 Å². The number of pyridine rings is 1. The first-order valence-electron chi connectivity index (χ1n) is 11.0. The van der Waals surface area contributed by atoms with Crippen molar-refractivity contribution in [3.05, 3.63) is 71.9 Å². The summed E-state index contributed by atoms with van der Waals surface area (Å²) < 4.78 is 10.8. The number of nitrogens with zero attached hydrogens (tertiary/aromatic N) is 3. The van der Waals surface area contributed by atoms with Gasteiger partial charge in [0, 0.05) is 24.7 Å². The van der Waals surface area contributed by atoms with Crippen molar-refractivity contribution in [2.45, 2.75) is 32.1 Å². The lowest BCUT2D eigenvalue weighted by Crippen LogP contribution is -2.42. The molecule has 32 heavy (non-hydrogen) atoms. The van der Waals surface area contributed by atoms with Gasteiger partial charge in [-0.05, 0) is 55.0 Å². The van der Waals surface area contributed by atoms with Crippen LogP contribution in [0.2, 0.25) is 0 Å². The highest BCUT2D eigenvalue weighted by Crippen LogP contribution is 2.39. The number of anilines is 1. The molecule has 0 spiro atoms. The molecule has 1 aromatic carbocycles. The number of benzene rings is 1. The van der Waals surface area contributed by atoms with Crippen molar-refractivity contribution < 1.29 is 14.1 Å². The van der Waals surface area contributed by atoms with Gasteiger partial charge >= 0.3 is 6.03 Å². The van der Waals surface area contributed by atoms with E-state index in [1.165, 1.54) is 30.9 Å². The van der Waals surface area contributed by atoms with Gasteiger partial charge in [-0.1, -0.05) is 35.9 Å². The van der Waals surface area contributed by atoms with Crippen LogP contribution in [-0.4, -0.2) is 34.2 Å². The summed E-state index contributed by atoms with van der Waals surface area (Å²) in [6, 6.07) is 12.0. The van der Waals surface area contributed by atoms with E-state index in [0.717, 1.165) is 29.2 Å². The number of hydrogen-bond acceptors (Lipinski definition) is 5. The molecule has 3 aromatic rings. The van der Waals surface area contributed by atoms with E-state index < -0.39 is 0 Å². The predicted octanol–water partition coefficient (Wildman–Crippen LogP) is 5.70. The third-order valence-electron chi connectivity index (χ3n) is 5.97. The molecule has 1 N–H and O–H groups in total. The molecule has 1 aliphatic carbocycles. The Labute approximate surface area is 187 Å². The van der Waals surface area contributed by atoms with Gasteiger partial charge in [-0.25, -0.2) is 4.79 Å². The largest absolute Gasteiger partial charge is 0.456 e. The van der Waals surface area contributed by atoms with Gasteiger partial charge in [0.15, 0.2) is 0 Å². The van der Waals surface area contributed by atoms with Gasteiger partial charge in [0.1, 0.15) is 23.4 Å². The molecule has 3 heterocycles. The standard InChI is InChI=1S/C25H26N4O3/c1-17-15-29(25(30)28-21-13-27-31-16-21)10-9-20(17)11-18-3-2-4-22(12-18)32-23-7-8-24(26-14-23)19-5-6-19/h2-4,7-8,11-14,16-17,19H,5-6,9-10,15H2,1H3,(H,28,30)/b20-11+. The SMILES string of the molecule is CC1CN(C(=O)Nc2cnoc2)CC/C1=C\c1cccc(Oc2ccc(C3CC3)nc2)c1. The Balaban J connectivity index is 1.21. The van der Waals surface area contributed by atoms with Gasteiger partial charge in [-0.2, -0.15) is 0 Å². The number of carbonyl (C=O) groups excluding carboxylic acids is 1. The molecule has 7 heteroatoms. The molecule has 2 aromatic heterocycles. The molecule has 1 saturated carbocycles. The Morgan fingerprint density at radius 3 is 2.84 bits per heavy atom. The number of piperidine rings is 1. The maximum atomic E-state index is 12.5. The number of urea groups is 1. The molecule has 7 nitrogen and oxygen atoms in total. The fraction of sp³-hybridized carbons (Fsp3) is 0.320. The Bertz CT molecular complexity index is 1100. The van der Waals surface area contributed by atoms with Crippen LogP contribution in [0.15, 0.2) is 65.2 Å². The molecule has 0 bridgehead atoms. The van der Waals surface area contributed by atoms with Gasteiger partial charge < -0.3 is 19.5 Å². The van der Waals surface area contributed by atoms with Crippen molar-refractivity contribution in [2.24, 2.45) is 5.92 Å². The average Bonchev–Trinajstić information content (AvgIpc) is 3.52. The Hall–Kier alpha value is -3.61. The maximum absolute atomic E-state index is 12.5. The summed E-state index contributed by atoms with van der Waals surface area (Å²) in [6.07, 6.45) is 10.2. The highest BCUT2D eigenvalue weighted by Gasteiger charge is 2.25. The van der Waals surface area contributed by atoms with E-state index >= 15 is 0 Å². The fourth-order valence-corrected chi connectivity index (χ4v) is 4.01.